The molecule has 2 N–H and O–H groups in total. The van der Waals surface area contributed by atoms with E-state index in [1.807, 2.05) is 30.0 Å². The number of aromatic nitrogens is 2. The molecule has 3 fully saturated rings. The number of likely N-dealkylation sites (tertiary alicyclic amines) is 1. The number of hydrogen-bond acceptors (Lipinski definition) is 5. The number of aliphatic hydroxyl groups is 1. The van der Waals surface area contributed by atoms with Crippen molar-refractivity contribution in [3.63, 3.8) is 0 Å². The van der Waals surface area contributed by atoms with Crippen LogP contribution in [0.4, 0.5) is 0 Å². The number of rotatable bonds is 2. The van der Waals surface area contributed by atoms with Crippen LogP contribution < -0.4 is 0 Å². The first-order valence-electron chi connectivity index (χ1n) is 10.2. The van der Waals surface area contributed by atoms with Gasteiger partial charge in [0.25, 0.3) is 0 Å². The molecule has 7 nitrogen and oxygen atoms in total. The lowest BCUT2D eigenvalue weighted by atomic mass is 9.66. The Morgan fingerprint density at radius 3 is 3.11 bits per heavy atom. The molecule has 7 heteroatoms. The summed E-state index contributed by atoms with van der Waals surface area (Å²) in [6.45, 7) is 4.72. The molecule has 2 aromatic rings. The van der Waals surface area contributed by atoms with Gasteiger partial charge in [0.2, 0.25) is 5.91 Å². The van der Waals surface area contributed by atoms with E-state index in [2.05, 4.69) is 9.97 Å². The number of H-pyrrole nitrogens is 1. The number of nitrogens with zero attached hydrogens (tertiary/aromatic N) is 2. The molecule has 1 amide bonds. The number of amides is 1. The van der Waals surface area contributed by atoms with E-state index in [9.17, 15) is 9.90 Å². The van der Waals surface area contributed by atoms with Crippen molar-refractivity contribution in [3.8, 4) is 0 Å². The third-order valence-electron chi connectivity index (χ3n) is 6.79. The lowest BCUT2D eigenvalue weighted by Crippen LogP contribution is -2.69. The van der Waals surface area contributed by atoms with Crippen molar-refractivity contribution in [3.05, 3.63) is 29.6 Å². The Bertz CT molecular complexity index is 897. The van der Waals surface area contributed by atoms with E-state index in [1.54, 1.807) is 0 Å². The number of piperidine rings is 1. The predicted octanol–water partition coefficient (Wildman–Crippen LogP) is 1.43. The Morgan fingerprint density at radius 1 is 1.36 bits per heavy atom. The maximum Gasteiger partial charge on any atom is 0.227 e. The molecule has 0 saturated carbocycles. The standard InChI is InChI=1S/C21H27N3O4/c1-13-22-17-3-2-14(8-18(17)23-13)9-20(25)24-10-15-11-28-7-5-21(15,26)16-12-27-6-4-19(16)24/h2-3,8,15-16,19,26H,4-7,9-12H2,1H3,(H,22,23)/t15-,16+,19-,21-/m1/s1. The van der Waals surface area contributed by atoms with Gasteiger partial charge < -0.3 is 24.5 Å². The third-order valence-corrected chi connectivity index (χ3v) is 6.79. The zero-order chi connectivity index (χ0) is 19.3. The molecule has 4 heterocycles. The van der Waals surface area contributed by atoms with E-state index >= 15 is 0 Å². The average Bonchev–Trinajstić information content (AvgIpc) is 3.06. The van der Waals surface area contributed by atoms with Gasteiger partial charge in [0.1, 0.15) is 5.82 Å². The third kappa shape index (κ3) is 2.93. The number of nitrogens with one attached hydrogen (secondary N) is 1. The molecule has 1 aromatic heterocycles. The molecule has 5 rings (SSSR count). The summed E-state index contributed by atoms with van der Waals surface area (Å²) in [6, 6.07) is 5.99. The fourth-order valence-corrected chi connectivity index (χ4v) is 5.32. The SMILES string of the molecule is Cc1nc2ccc(CC(=O)N3C[C@@H]4COCC[C@]4(O)[C@H]4COCC[C@H]43)cc2[nH]1. The first-order chi connectivity index (χ1) is 13.5. The van der Waals surface area contributed by atoms with E-state index in [1.165, 1.54) is 0 Å². The van der Waals surface area contributed by atoms with Gasteiger partial charge in [-0.1, -0.05) is 6.07 Å². The fourth-order valence-electron chi connectivity index (χ4n) is 5.32. The molecule has 0 spiro atoms. The van der Waals surface area contributed by atoms with E-state index in [4.69, 9.17) is 9.47 Å². The molecular formula is C21H27N3O4. The van der Waals surface area contributed by atoms with Gasteiger partial charge in [0.15, 0.2) is 0 Å². The van der Waals surface area contributed by atoms with Gasteiger partial charge in [-0.05, 0) is 31.0 Å². The largest absolute Gasteiger partial charge is 0.389 e. The molecule has 0 aliphatic carbocycles. The van der Waals surface area contributed by atoms with E-state index in [-0.39, 0.29) is 23.8 Å². The summed E-state index contributed by atoms with van der Waals surface area (Å²) in [5, 5.41) is 11.4. The van der Waals surface area contributed by atoms with Crippen molar-refractivity contribution in [2.24, 2.45) is 11.8 Å². The topological polar surface area (TPSA) is 87.7 Å². The highest BCUT2D eigenvalue weighted by Gasteiger charge is 2.56. The van der Waals surface area contributed by atoms with Crippen LogP contribution in [0.5, 0.6) is 0 Å². The highest BCUT2D eigenvalue weighted by Crippen LogP contribution is 2.44. The predicted molar refractivity (Wildman–Crippen MR) is 103 cm³/mol. The minimum absolute atomic E-state index is 0.0365. The summed E-state index contributed by atoms with van der Waals surface area (Å²) >= 11 is 0. The number of benzene rings is 1. The fraction of sp³-hybridized carbons (Fsp3) is 0.619. The van der Waals surface area contributed by atoms with Gasteiger partial charge in [-0.15, -0.1) is 0 Å². The van der Waals surface area contributed by atoms with Crippen molar-refractivity contribution < 1.29 is 19.4 Å². The van der Waals surface area contributed by atoms with Crippen LogP contribution in [-0.2, 0) is 20.7 Å². The molecule has 3 aliphatic rings. The number of hydrogen-bond donors (Lipinski definition) is 2. The number of fused-ring (bicyclic) bond motifs is 4. The lowest BCUT2D eigenvalue weighted by Gasteiger charge is -2.57. The quantitative estimate of drug-likeness (QED) is 0.817. The van der Waals surface area contributed by atoms with E-state index < -0.39 is 5.60 Å². The van der Waals surface area contributed by atoms with Gasteiger partial charge in [0, 0.05) is 44.1 Å². The number of carbonyl (C=O) groups is 1. The minimum atomic E-state index is -0.785. The molecule has 3 saturated heterocycles. The Kier molecular flexibility index (Phi) is 4.41. The Morgan fingerprint density at radius 2 is 2.21 bits per heavy atom. The van der Waals surface area contributed by atoms with Gasteiger partial charge in [0.05, 0.1) is 36.3 Å². The Labute approximate surface area is 164 Å². The zero-order valence-electron chi connectivity index (χ0n) is 16.2. The molecule has 150 valence electrons. The Hall–Kier alpha value is -1.96. The number of aromatic amines is 1. The van der Waals surface area contributed by atoms with Crippen LogP contribution in [0.1, 0.15) is 24.2 Å². The minimum Gasteiger partial charge on any atom is -0.389 e. The molecule has 0 bridgehead atoms. The summed E-state index contributed by atoms with van der Waals surface area (Å²) in [5.74, 6) is 0.896. The van der Waals surface area contributed by atoms with Crippen LogP contribution in [0.15, 0.2) is 18.2 Å². The highest BCUT2D eigenvalue weighted by atomic mass is 16.5. The number of carbonyl (C=O) groups excluding carboxylic acids is 1. The summed E-state index contributed by atoms with van der Waals surface area (Å²) in [7, 11) is 0. The number of ether oxygens (including phenoxy) is 2. The number of aryl methyl sites for hydroxylation is 1. The highest BCUT2D eigenvalue weighted by molar-refractivity contribution is 5.82. The smallest absolute Gasteiger partial charge is 0.227 e. The normalized spacial score (nSPS) is 32.8. The number of imidazole rings is 1. The average molecular weight is 385 g/mol. The van der Waals surface area contributed by atoms with Crippen molar-refractivity contribution >= 4 is 16.9 Å². The van der Waals surface area contributed by atoms with Crippen molar-refractivity contribution in [1.82, 2.24) is 14.9 Å². The maximum absolute atomic E-state index is 13.3. The molecule has 1 aromatic carbocycles. The van der Waals surface area contributed by atoms with Crippen LogP contribution in [-0.4, -0.2) is 70.5 Å². The second kappa shape index (κ2) is 6.83. The summed E-state index contributed by atoms with van der Waals surface area (Å²) < 4.78 is 11.3. The van der Waals surface area contributed by atoms with Gasteiger partial charge >= 0.3 is 0 Å². The van der Waals surface area contributed by atoms with E-state index in [0.29, 0.717) is 45.8 Å². The zero-order valence-corrected chi connectivity index (χ0v) is 16.2. The molecular weight excluding hydrogens is 358 g/mol. The van der Waals surface area contributed by atoms with Crippen LogP contribution in [0, 0.1) is 18.8 Å². The van der Waals surface area contributed by atoms with Crippen molar-refractivity contribution in [2.45, 2.75) is 37.8 Å². The molecule has 4 atom stereocenters. The first kappa shape index (κ1) is 18.1. The molecule has 28 heavy (non-hydrogen) atoms. The Balaban J connectivity index is 1.39. The molecule has 3 aliphatic heterocycles. The lowest BCUT2D eigenvalue weighted by molar-refractivity contribution is -0.219. The van der Waals surface area contributed by atoms with Crippen LogP contribution in [0.3, 0.4) is 0 Å². The van der Waals surface area contributed by atoms with Crippen molar-refractivity contribution in [2.75, 3.05) is 33.0 Å². The van der Waals surface area contributed by atoms with Crippen LogP contribution in [0.25, 0.3) is 11.0 Å². The molecule has 0 unspecified atom stereocenters. The van der Waals surface area contributed by atoms with Crippen molar-refractivity contribution in [1.29, 1.82) is 0 Å². The summed E-state index contributed by atoms with van der Waals surface area (Å²) in [6.07, 6.45) is 1.76. The van der Waals surface area contributed by atoms with Gasteiger partial charge in [-0.2, -0.15) is 0 Å². The van der Waals surface area contributed by atoms with Gasteiger partial charge in [-0.3, -0.25) is 4.79 Å². The second-order valence-electron chi connectivity index (χ2n) is 8.45. The monoisotopic (exact) mass is 385 g/mol. The van der Waals surface area contributed by atoms with Crippen LogP contribution >= 0.6 is 0 Å². The molecule has 0 radical (unpaired) electrons. The van der Waals surface area contributed by atoms with E-state index in [0.717, 1.165) is 28.8 Å². The maximum atomic E-state index is 13.3. The summed E-state index contributed by atoms with van der Waals surface area (Å²) in [4.78, 5) is 22.9. The second-order valence-corrected chi connectivity index (χ2v) is 8.45. The van der Waals surface area contributed by atoms with Gasteiger partial charge in [-0.25, -0.2) is 4.98 Å². The summed E-state index contributed by atoms with van der Waals surface area (Å²) in [5.41, 5.74) is 2.07. The first-order valence-corrected chi connectivity index (χ1v) is 10.2. The van der Waals surface area contributed by atoms with Crippen LogP contribution in [0.2, 0.25) is 0 Å².